The van der Waals surface area contributed by atoms with Gasteiger partial charge in [-0.05, 0) is 45.0 Å². The van der Waals surface area contributed by atoms with Crippen LogP contribution in [0, 0.1) is 11.8 Å². The number of hydrogen-bond donors (Lipinski definition) is 3. The monoisotopic (exact) mass is 431 g/mol. The van der Waals surface area contributed by atoms with Gasteiger partial charge in [0.25, 0.3) is 0 Å². The van der Waals surface area contributed by atoms with E-state index in [0.717, 1.165) is 31.2 Å². The van der Waals surface area contributed by atoms with E-state index in [1.807, 2.05) is 32.2 Å². The number of carbonyl (C=O) groups excluding carboxylic acids is 2. The summed E-state index contributed by atoms with van der Waals surface area (Å²) in [6.45, 7) is 5.01. The predicted octanol–water partition coefficient (Wildman–Crippen LogP) is 2.57. The lowest BCUT2D eigenvalue weighted by atomic mass is 9.88. The maximum atomic E-state index is 13.1. The molecule has 1 fully saturated rings. The van der Waals surface area contributed by atoms with E-state index in [9.17, 15) is 14.7 Å². The lowest BCUT2D eigenvalue weighted by molar-refractivity contribution is -0.134. The van der Waals surface area contributed by atoms with Gasteiger partial charge in [-0.1, -0.05) is 26.2 Å². The van der Waals surface area contributed by atoms with Crippen molar-refractivity contribution in [2.75, 3.05) is 32.1 Å². The van der Waals surface area contributed by atoms with E-state index in [2.05, 4.69) is 17.6 Å². The van der Waals surface area contributed by atoms with E-state index >= 15 is 0 Å². The SMILES string of the molecule is CNC[C@@H]1Oc2ccc(NC(=O)C3CCCCC3)cc2CC(=O)N([C@@H](C)CO)C[C@H]1C. The highest BCUT2D eigenvalue weighted by Crippen LogP contribution is 2.30. The Bertz CT molecular complexity index is 763. The van der Waals surface area contributed by atoms with Crippen LogP contribution in [0.2, 0.25) is 0 Å². The van der Waals surface area contributed by atoms with Crippen LogP contribution in [0.1, 0.15) is 51.5 Å². The van der Waals surface area contributed by atoms with Crippen LogP contribution in [-0.4, -0.2) is 60.7 Å². The average molecular weight is 432 g/mol. The van der Waals surface area contributed by atoms with Crippen LogP contribution in [0.25, 0.3) is 0 Å². The van der Waals surface area contributed by atoms with Gasteiger partial charge in [0.2, 0.25) is 11.8 Å². The first-order chi connectivity index (χ1) is 14.9. The fourth-order valence-corrected chi connectivity index (χ4v) is 4.56. The number of anilines is 1. The molecule has 0 bridgehead atoms. The first-order valence-electron chi connectivity index (χ1n) is 11.6. The molecule has 31 heavy (non-hydrogen) atoms. The van der Waals surface area contributed by atoms with E-state index in [-0.39, 0.29) is 48.8 Å². The summed E-state index contributed by atoms with van der Waals surface area (Å²) < 4.78 is 6.34. The molecule has 2 amide bonds. The van der Waals surface area contributed by atoms with Gasteiger partial charge in [-0.25, -0.2) is 0 Å². The van der Waals surface area contributed by atoms with E-state index in [4.69, 9.17) is 4.74 Å². The molecule has 0 spiro atoms. The molecule has 3 atom stereocenters. The maximum absolute atomic E-state index is 13.1. The number of nitrogens with zero attached hydrogens (tertiary/aromatic N) is 1. The summed E-state index contributed by atoms with van der Waals surface area (Å²) in [4.78, 5) is 27.6. The van der Waals surface area contributed by atoms with Gasteiger partial charge in [0.1, 0.15) is 11.9 Å². The Hall–Kier alpha value is -2.12. The van der Waals surface area contributed by atoms with Crippen molar-refractivity contribution in [3.8, 4) is 5.75 Å². The summed E-state index contributed by atoms with van der Waals surface area (Å²) in [5, 5.41) is 15.9. The van der Waals surface area contributed by atoms with E-state index in [1.165, 1.54) is 6.42 Å². The Morgan fingerprint density at radius 1 is 1.29 bits per heavy atom. The smallest absolute Gasteiger partial charge is 0.227 e. The van der Waals surface area contributed by atoms with Gasteiger partial charge in [-0.3, -0.25) is 9.59 Å². The van der Waals surface area contributed by atoms with Gasteiger partial charge in [-0.2, -0.15) is 0 Å². The van der Waals surface area contributed by atoms with Crippen LogP contribution in [0.5, 0.6) is 5.75 Å². The second-order valence-electron chi connectivity index (χ2n) is 9.09. The number of aliphatic hydroxyl groups excluding tert-OH is 1. The summed E-state index contributed by atoms with van der Waals surface area (Å²) in [6.07, 6.45) is 5.35. The molecule has 1 aliphatic heterocycles. The van der Waals surface area contributed by atoms with E-state index < -0.39 is 0 Å². The molecule has 0 saturated heterocycles. The summed E-state index contributed by atoms with van der Waals surface area (Å²) in [6, 6.07) is 5.32. The lowest BCUT2D eigenvalue weighted by Gasteiger charge is -2.32. The average Bonchev–Trinajstić information content (AvgIpc) is 2.82. The molecule has 0 unspecified atom stereocenters. The van der Waals surface area contributed by atoms with Crippen LogP contribution in [0.4, 0.5) is 5.69 Å². The number of benzene rings is 1. The fraction of sp³-hybridized carbons (Fsp3) is 0.667. The van der Waals surface area contributed by atoms with E-state index in [1.54, 1.807) is 4.90 Å². The van der Waals surface area contributed by atoms with Crippen LogP contribution < -0.4 is 15.4 Å². The van der Waals surface area contributed by atoms with Crippen LogP contribution in [0.15, 0.2) is 18.2 Å². The van der Waals surface area contributed by atoms with Gasteiger partial charge < -0.3 is 25.4 Å². The molecule has 0 aromatic heterocycles. The molecule has 3 N–H and O–H groups in total. The molecule has 1 aromatic rings. The van der Waals surface area contributed by atoms with Crippen molar-refractivity contribution in [2.45, 2.75) is 64.5 Å². The highest BCUT2D eigenvalue weighted by molar-refractivity contribution is 5.93. The van der Waals surface area contributed by atoms with Crippen molar-refractivity contribution >= 4 is 17.5 Å². The zero-order valence-corrected chi connectivity index (χ0v) is 19.0. The van der Waals surface area contributed by atoms with Gasteiger partial charge in [0, 0.05) is 36.2 Å². The van der Waals surface area contributed by atoms with E-state index in [0.29, 0.717) is 24.5 Å². The number of hydrogen-bond acceptors (Lipinski definition) is 5. The zero-order chi connectivity index (χ0) is 22.4. The molecule has 1 saturated carbocycles. The molecule has 172 valence electrons. The summed E-state index contributed by atoms with van der Waals surface area (Å²) in [5.41, 5.74) is 1.46. The Balaban J connectivity index is 1.85. The Labute approximate surface area is 185 Å². The van der Waals surface area contributed by atoms with Crippen LogP contribution in [0.3, 0.4) is 0 Å². The lowest BCUT2D eigenvalue weighted by Crippen LogP contribution is -2.47. The van der Waals surface area contributed by atoms with Crippen molar-refractivity contribution in [3.63, 3.8) is 0 Å². The quantitative estimate of drug-likeness (QED) is 0.644. The van der Waals surface area contributed by atoms with Crippen molar-refractivity contribution < 1.29 is 19.4 Å². The summed E-state index contributed by atoms with van der Waals surface area (Å²) >= 11 is 0. The molecule has 7 nitrogen and oxygen atoms in total. The Kier molecular flexibility index (Phi) is 8.32. The molecule has 2 aliphatic rings. The number of amides is 2. The van der Waals surface area contributed by atoms with Gasteiger partial charge in [-0.15, -0.1) is 0 Å². The minimum absolute atomic E-state index is 0.0425. The summed E-state index contributed by atoms with van der Waals surface area (Å²) in [5.74, 6) is 0.849. The number of ether oxygens (including phenoxy) is 1. The molecule has 1 aromatic carbocycles. The molecular formula is C24H37N3O4. The topological polar surface area (TPSA) is 90.9 Å². The third kappa shape index (κ3) is 5.98. The van der Waals surface area contributed by atoms with Crippen molar-refractivity contribution in [3.05, 3.63) is 23.8 Å². The molecule has 1 aliphatic carbocycles. The number of likely N-dealkylation sites (N-methyl/N-ethyl adjacent to an activating group) is 1. The molecule has 7 heteroatoms. The van der Waals surface area contributed by atoms with Crippen LogP contribution in [-0.2, 0) is 16.0 Å². The first-order valence-corrected chi connectivity index (χ1v) is 11.6. The molecule has 3 rings (SSSR count). The number of carbonyl (C=O) groups is 2. The first kappa shape index (κ1) is 23.5. The second kappa shape index (κ2) is 11.0. The number of nitrogens with one attached hydrogen (secondary N) is 2. The van der Waals surface area contributed by atoms with Gasteiger partial charge >= 0.3 is 0 Å². The minimum Gasteiger partial charge on any atom is -0.488 e. The Morgan fingerprint density at radius 3 is 2.71 bits per heavy atom. The largest absolute Gasteiger partial charge is 0.488 e. The Morgan fingerprint density at radius 2 is 2.03 bits per heavy atom. The molecule has 0 radical (unpaired) electrons. The summed E-state index contributed by atoms with van der Waals surface area (Å²) in [7, 11) is 1.88. The third-order valence-corrected chi connectivity index (χ3v) is 6.57. The third-order valence-electron chi connectivity index (χ3n) is 6.57. The second-order valence-corrected chi connectivity index (χ2v) is 9.09. The standard InChI is InChI=1S/C24H37N3O4/c1-16-14-27(17(2)15-28)23(29)12-19-11-20(9-10-21(19)31-22(16)13-25-3)26-24(30)18-7-5-4-6-8-18/h9-11,16-18,22,25,28H,4-8,12-15H2,1-3H3,(H,26,30)/t16-,17+,22+/m1/s1. The van der Waals surface area contributed by atoms with Crippen molar-refractivity contribution in [1.82, 2.24) is 10.2 Å². The normalized spacial score (nSPS) is 23.7. The molecular weight excluding hydrogens is 394 g/mol. The van der Waals surface area contributed by atoms with Crippen molar-refractivity contribution in [1.29, 1.82) is 0 Å². The fourth-order valence-electron chi connectivity index (χ4n) is 4.56. The number of fused-ring (bicyclic) bond motifs is 1. The number of aliphatic hydroxyl groups is 1. The highest BCUT2D eigenvalue weighted by Gasteiger charge is 2.30. The maximum Gasteiger partial charge on any atom is 0.227 e. The minimum atomic E-state index is -0.263. The van der Waals surface area contributed by atoms with Crippen LogP contribution >= 0.6 is 0 Å². The predicted molar refractivity (Wildman–Crippen MR) is 121 cm³/mol. The molecule has 1 heterocycles. The highest BCUT2D eigenvalue weighted by atomic mass is 16.5. The number of rotatable bonds is 6. The zero-order valence-electron chi connectivity index (χ0n) is 19.0. The van der Waals surface area contributed by atoms with Crippen molar-refractivity contribution in [2.24, 2.45) is 11.8 Å². The van der Waals surface area contributed by atoms with Gasteiger partial charge in [0.15, 0.2) is 0 Å². The van der Waals surface area contributed by atoms with Gasteiger partial charge in [0.05, 0.1) is 19.1 Å².